The molecule has 0 fully saturated rings. The van der Waals surface area contributed by atoms with E-state index in [1.807, 2.05) is 0 Å². The SMILES string of the molecule is CCCCCCOC(=O)c1cc(C(=O)OCCCCCC)cc(S(=O)(=O)O)c1.[Ba+2].[H-].[H-]. The molecule has 1 aromatic carbocycles. The van der Waals surface area contributed by atoms with Crippen LogP contribution in [0.25, 0.3) is 0 Å². The normalized spacial score (nSPS) is 10.9. The molecule has 0 aliphatic carbocycles. The van der Waals surface area contributed by atoms with Crippen molar-refractivity contribution in [3.05, 3.63) is 29.3 Å². The first-order valence-corrected chi connectivity index (χ1v) is 11.2. The Balaban J connectivity index is -0.00000261. The van der Waals surface area contributed by atoms with Crippen molar-refractivity contribution in [1.82, 2.24) is 0 Å². The molecule has 0 atom stereocenters. The fourth-order valence-electron chi connectivity index (χ4n) is 2.54. The third-order valence-electron chi connectivity index (χ3n) is 4.14. The first-order chi connectivity index (χ1) is 13.3. The molecule has 0 unspecified atom stereocenters. The quantitative estimate of drug-likeness (QED) is 0.168. The molecule has 7 nitrogen and oxygen atoms in total. The van der Waals surface area contributed by atoms with Gasteiger partial charge in [0, 0.05) is 0 Å². The predicted molar refractivity (Wildman–Crippen MR) is 113 cm³/mol. The first kappa shape index (κ1) is 28.6. The van der Waals surface area contributed by atoms with Crippen LogP contribution in [0.1, 0.15) is 88.8 Å². The van der Waals surface area contributed by atoms with Gasteiger partial charge in [0.2, 0.25) is 0 Å². The number of carbonyl (C=O) groups excluding carboxylic acids is 2. The zero-order chi connectivity index (χ0) is 21.0. The van der Waals surface area contributed by atoms with E-state index in [1.54, 1.807) is 0 Å². The van der Waals surface area contributed by atoms with Crippen LogP contribution in [0, 0.1) is 0 Å². The maximum absolute atomic E-state index is 12.2. The van der Waals surface area contributed by atoms with E-state index in [9.17, 15) is 22.6 Å². The van der Waals surface area contributed by atoms with Crippen LogP contribution < -0.4 is 0 Å². The standard InChI is InChI=1S/C20H30O7S.Ba.2H/c1-3-5-7-9-11-26-19(21)16-13-17(15-18(14-16)28(23,24)25)20(22)27-12-10-8-6-4-2;;;/h13-15H,3-12H2,1-2H3,(H,23,24,25);;;/q;+2;2*-1. The van der Waals surface area contributed by atoms with E-state index in [-0.39, 0.29) is 76.1 Å². The number of unbranched alkanes of at least 4 members (excludes halogenated alkanes) is 6. The summed E-state index contributed by atoms with van der Waals surface area (Å²) in [5.41, 5.74) is -0.243. The van der Waals surface area contributed by atoms with Crippen LogP contribution in [0.3, 0.4) is 0 Å². The number of esters is 2. The van der Waals surface area contributed by atoms with Crippen molar-refractivity contribution >= 4 is 70.9 Å². The molecule has 0 aliphatic rings. The molecule has 0 bridgehead atoms. The molecular weight excluding hydrogens is 522 g/mol. The zero-order valence-corrected chi connectivity index (χ0v) is 22.6. The second-order valence-corrected chi connectivity index (χ2v) is 8.04. The van der Waals surface area contributed by atoms with Crippen LogP contribution in [0.2, 0.25) is 0 Å². The molecule has 0 saturated heterocycles. The van der Waals surface area contributed by atoms with Crippen molar-refractivity contribution in [3.8, 4) is 0 Å². The van der Waals surface area contributed by atoms with E-state index in [0.717, 1.165) is 50.7 Å². The maximum atomic E-state index is 12.2. The zero-order valence-electron chi connectivity index (χ0n) is 19.3. The molecule has 0 amide bonds. The second-order valence-electron chi connectivity index (χ2n) is 6.61. The van der Waals surface area contributed by atoms with Gasteiger partial charge in [0.05, 0.1) is 29.2 Å². The number of carbonyl (C=O) groups is 2. The Kier molecular flexibility index (Phi) is 15.3. The summed E-state index contributed by atoms with van der Waals surface area (Å²) in [6.07, 6.45) is 7.40. The summed E-state index contributed by atoms with van der Waals surface area (Å²) < 4.78 is 42.6. The molecule has 0 saturated carbocycles. The van der Waals surface area contributed by atoms with Gasteiger partial charge in [-0.1, -0.05) is 52.4 Å². The molecule has 162 valence electrons. The van der Waals surface area contributed by atoms with Crippen molar-refractivity contribution in [2.75, 3.05) is 13.2 Å². The minimum atomic E-state index is -4.60. The van der Waals surface area contributed by atoms with Crippen molar-refractivity contribution in [1.29, 1.82) is 0 Å². The summed E-state index contributed by atoms with van der Waals surface area (Å²) >= 11 is 0. The number of ether oxygens (including phenoxy) is 2. The Morgan fingerprint density at radius 3 is 1.59 bits per heavy atom. The predicted octanol–water partition coefficient (Wildman–Crippen LogP) is 4.25. The molecule has 0 heterocycles. The third-order valence-corrected chi connectivity index (χ3v) is 4.97. The Bertz CT molecular complexity index is 714. The van der Waals surface area contributed by atoms with E-state index < -0.39 is 27.0 Å². The average Bonchev–Trinajstić information content (AvgIpc) is 2.66. The Morgan fingerprint density at radius 2 is 1.24 bits per heavy atom. The Labute approximate surface area is 216 Å². The van der Waals surface area contributed by atoms with Crippen LogP contribution in [-0.4, -0.2) is 87.0 Å². The van der Waals surface area contributed by atoms with Crippen LogP contribution >= 0.6 is 0 Å². The summed E-state index contributed by atoms with van der Waals surface area (Å²) in [6, 6.07) is 3.20. The molecule has 0 aliphatic heterocycles. The molecule has 1 aromatic rings. The molecule has 29 heavy (non-hydrogen) atoms. The first-order valence-electron chi connectivity index (χ1n) is 9.76. The summed E-state index contributed by atoms with van der Waals surface area (Å²) in [4.78, 5) is 23.9. The van der Waals surface area contributed by atoms with Gasteiger partial charge in [-0.05, 0) is 31.0 Å². The van der Waals surface area contributed by atoms with Crippen molar-refractivity contribution in [3.63, 3.8) is 0 Å². The second kappa shape index (κ2) is 15.4. The Hall–Kier alpha value is -0.359. The fourth-order valence-corrected chi connectivity index (χ4v) is 3.09. The summed E-state index contributed by atoms with van der Waals surface area (Å²) in [5.74, 6) is -1.50. The van der Waals surface area contributed by atoms with Gasteiger partial charge in [0.25, 0.3) is 10.1 Å². The Morgan fingerprint density at radius 1 is 0.828 bits per heavy atom. The largest absolute Gasteiger partial charge is 2.00 e. The summed E-state index contributed by atoms with van der Waals surface area (Å²) in [6.45, 7) is 4.53. The average molecular weight is 554 g/mol. The van der Waals surface area contributed by atoms with E-state index in [1.165, 1.54) is 6.07 Å². The van der Waals surface area contributed by atoms with Gasteiger partial charge in [0.1, 0.15) is 0 Å². The molecule has 9 heteroatoms. The van der Waals surface area contributed by atoms with Crippen molar-refractivity contribution in [2.24, 2.45) is 0 Å². The van der Waals surface area contributed by atoms with Crippen molar-refractivity contribution < 1.29 is 34.9 Å². The van der Waals surface area contributed by atoms with Crippen LogP contribution in [0.5, 0.6) is 0 Å². The van der Waals surface area contributed by atoms with Gasteiger partial charge < -0.3 is 12.3 Å². The third kappa shape index (κ3) is 11.6. The van der Waals surface area contributed by atoms with E-state index >= 15 is 0 Å². The van der Waals surface area contributed by atoms with Crippen molar-refractivity contribution in [2.45, 2.75) is 70.1 Å². The summed E-state index contributed by atoms with van der Waals surface area (Å²) in [7, 11) is -4.60. The monoisotopic (exact) mass is 554 g/mol. The maximum Gasteiger partial charge on any atom is 2.00 e. The van der Waals surface area contributed by atoms with E-state index in [0.29, 0.717) is 12.8 Å². The molecule has 0 radical (unpaired) electrons. The summed E-state index contributed by atoms with van der Waals surface area (Å²) in [5, 5.41) is 0. The van der Waals surface area contributed by atoms with Gasteiger partial charge in [-0.15, -0.1) is 0 Å². The molecule has 0 aromatic heterocycles. The van der Waals surface area contributed by atoms with Gasteiger partial charge in [-0.3, -0.25) is 4.55 Å². The van der Waals surface area contributed by atoms with Gasteiger partial charge in [-0.2, -0.15) is 8.42 Å². The molecule has 0 spiro atoms. The van der Waals surface area contributed by atoms with Gasteiger partial charge >= 0.3 is 60.8 Å². The fraction of sp³-hybridized carbons (Fsp3) is 0.600. The van der Waals surface area contributed by atoms with Gasteiger partial charge in [0.15, 0.2) is 0 Å². The smallest absolute Gasteiger partial charge is 1.00 e. The van der Waals surface area contributed by atoms with E-state index in [2.05, 4.69) is 13.8 Å². The number of hydrogen-bond donors (Lipinski definition) is 1. The van der Waals surface area contributed by atoms with Gasteiger partial charge in [-0.25, -0.2) is 9.59 Å². The molecular formula is C20H32BaO7S. The number of hydrogen-bond acceptors (Lipinski definition) is 6. The van der Waals surface area contributed by atoms with Crippen LogP contribution in [-0.2, 0) is 19.6 Å². The van der Waals surface area contributed by atoms with Crippen LogP contribution in [0.15, 0.2) is 23.1 Å². The van der Waals surface area contributed by atoms with Crippen LogP contribution in [0.4, 0.5) is 0 Å². The topological polar surface area (TPSA) is 107 Å². The number of rotatable bonds is 13. The number of benzene rings is 1. The minimum Gasteiger partial charge on any atom is -1.00 e. The molecule has 1 rings (SSSR count). The van der Waals surface area contributed by atoms with E-state index in [4.69, 9.17) is 9.47 Å². The molecule has 1 N–H and O–H groups in total. The minimum absolute atomic E-state index is 0.